The SMILES string of the molecule is COc1ccc(-c2nc3cc(C)c(C)cc3n2CCCN)cc1. The number of imidazole rings is 1. The highest BCUT2D eigenvalue weighted by molar-refractivity contribution is 5.82. The molecule has 0 fully saturated rings. The number of nitrogens with zero attached hydrogens (tertiary/aromatic N) is 2. The number of nitrogens with two attached hydrogens (primary N) is 1. The van der Waals surface area contributed by atoms with Gasteiger partial charge in [-0.1, -0.05) is 0 Å². The van der Waals surface area contributed by atoms with Crippen molar-refractivity contribution < 1.29 is 4.74 Å². The molecule has 0 amide bonds. The number of benzene rings is 2. The number of hydrogen-bond acceptors (Lipinski definition) is 3. The number of hydrogen-bond donors (Lipinski definition) is 1. The van der Waals surface area contributed by atoms with Crippen molar-refractivity contribution >= 4 is 11.0 Å². The Morgan fingerprint density at radius 1 is 1.09 bits per heavy atom. The van der Waals surface area contributed by atoms with E-state index in [-0.39, 0.29) is 0 Å². The zero-order chi connectivity index (χ0) is 16.4. The van der Waals surface area contributed by atoms with E-state index in [2.05, 4.69) is 42.7 Å². The van der Waals surface area contributed by atoms with Gasteiger partial charge in [0, 0.05) is 12.1 Å². The highest BCUT2D eigenvalue weighted by Crippen LogP contribution is 2.28. The minimum atomic E-state index is 0.673. The topological polar surface area (TPSA) is 53.1 Å². The number of rotatable bonds is 5. The van der Waals surface area contributed by atoms with Crippen LogP contribution in [-0.2, 0) is 6.54 Å². The Labute approximate surface area is 136 Å². The maximum absolute atomic E-state index is 5.72. The van der Waals surface area contributed by atoms with Crippen molar-refractivity contribution in [2.24, 2.45) is 5.73 Å². The predicted octanol–water partition coefficient (Wildman–Crippen LogP) is 3.68. The highest BCUT2D eigenvalue weighted by atomic mass is 16.5. The van der Waals surface area contributed by atoms with Crippen molar-refractivity contribution in [3.8, 4) is 17.1 Å². The van der Waals surface area contributed by atoms with Gasteiger partial charge in [0.15, 0.2) is 0 Å². The van der Waals surface area contributed by atoms with Crippen LogP contribution >= 0.6 is 0 Å². The van der Waals surface area contributed by atoms with Crippen molar-refractivity contribution in [1.82, 2.24) is 9.55 Å². The predicted molar refractivity (Wildman–Crippen MR) is 94.9 cm³/mol. The molecule has 0 aliphatic rings. The summed E-state index contributed by atoms with van der Waals surface area (Å²) < 4.78 is 7.52. The lowest BCUT2D eigenvalue weighted by Crippen LogP contribution is -2.07. The first-order chi connectivity index (χ1) is 11.1. The van der Waals surface area contributed by atoms with E-state index in [0.717, 1.165) is 35.6 Å². The van der Waals surface area contributed by atoms with Crippen LogP contribution in [0.4, 0.5) is 0 Å². The summed E-state index contributed by atoms with van der Waals surface area (Å²) in [7, 11) is 1.68. The maximum atomic E-state index is 5.72. The number of aryl methyl sites for hydroxylation is 3. The van der Waals surface area contributed by atoms with Crippen molar-refractivity contribution in [3.05, 3.63) is 47.5 Å². The molecule has 0 unspecified atom stereocenters. The Morgan fingerprint density at radius 2 is 1.78 bits per heavy atom. The van der Waals surface area contributed by atoms with Gasteiger partial charge >= 0.3 is 0 Å². The van der Waals surface area contributed by atoms with Gasteiger partial charge in [0.25, 0.3) is 0 Å². The zero-order valence-corrected chi connectivity index (χ0v) is 14.0. The molecule has 0 radical (unpaired) electrons. The summed E-state index contributed by atoms with van der Waals surface area (Å²) in [6.45, 7) is 5.81. The fourth-order valence-electron chi connectivity index (χ4n) is 2.82. The third-order valence-corrected chi connectivity index (χ3v) is 4.30. The molecule has 0 bridgehead atoms. The largest absolute Gasteiger partial charge is 0.497 e. The molecule has 1 aromatic heterocycles. The number of fused-ring (bicyclic) bond motifs is 1. The van der Waals surface area contributed by atoms with Gasteiger partial charge in [-0.15, -0.1) is 0 Å². The van der Waals surface area contributed by atoms with E-state index >= 15 is 0 Å². The molecule has 2 N–H and O–H groups in total. The van der Waals surface area contributed by atoms with Crippen LogP contribution < -0.4 is 10.5 Å². The van der Waals surface area contributed by atoms with E-state index in [1.807, 2.05) is 12.1 Å². The number of methoxy groups -OCH3 is 1. The molecule has 0 saturated carbocycles. The van der Waals surface area contributed by atoms with Gasteiger partial charge < -0.3 is 15.0 Å². The smallest absolute Gasteiger partial charge is 0.141 e. The quantitative estimate of drug-likeness (QED) is 0.782. The van der Waals surface area contributed by atoms with E-state index in [0.29, 0.717) is 6.54 Å². The van der Waals surface area contributed by atoms with Gasteiger partial charge in [-0.05, 0) is 74.3 Å². The second-order valence-electron chi connectivity index (χ2n) is 5.88. The first kappa shape index (κ1) is 15.6. The van der Waals surface area contributed by atoms with Crippen LogP contribution in [-0.4, -0.2) is 23.2 Å². The van der Waals surface area contributed by atoms with E-state index in [9.17, 15) is 0 Å². The normalized spacial score (nSPS) is 11.1. The van der Waals surface area contributed by atoms with E-state index in [1.165, 1.54) is 16.6 Å². The van der Waals surface area contributed by atoms with E-state index in [1.54, 1.807) is 7.11 Å². The second kappa shape index (κ2) is 6.42. The van der Waals surface area contributed by atoms with Gasteiger partial charge in [0.05, 0.1) is 18.1 Å². The average Bonchev–Trinajstić information content (AvgIpc) is 2.91. The fraction of sp³-hybridized carbons (Fsp3) is 0.316. The minimum absolute atomic E-state index is 0.673. The van der Waals surface area contributed by atoms with Gasteiger partial charge in [-0.25, -0.2) is 4.98 Å². The number of aromatic nitrogens is 2. The van der Waals surface area contributed by atoms with Crippen molar-refractivity contribution in [2.45, 2.75) is 26.8 Å². The average molecular weight is 309 g/mol. The van der Waals surface area contributed by atoms with Crippen molar-refractivity contribution in [2.75, 3.05) is 13.7 Å². The minimum Gasteiger partial charge on any atom is -0.497 e. The standard InChI is InChI=1S/C19H23N3O/c1-13-11-17-18(12-14(13)2)22(10-4-9-20)19(21-17)15-5-7-16(23-3)8-6-15/h5-8,11-12H,4,9-10,20H2,1-3H3. The van der Waals surface area contributed by atoms with Crippen molar-refractivity contribution in [3.63, 3.8) is 0 Å². The van der Waals surface area contributed by atoms with Gasteiger partial charge in [-0.2, -0.15) is 0 Å². The van der Waals surface area contributed by atoms with Crippen LogP contribution in [0.1, 0.15) is 17.5 Å². The van der Waals surface area contributed by atoms with E-state index in [4.69, 9.17) is 15.5 Å². The maximum Gasteiger partial charge on any atom is 0.141 e. The van der Waals surface area contributed by atoms with Crippen LogP contribution in [0.2, 0.25) is 0 Å². The lowest BCUT2D eigenvalue weighted by atomic mass is 10.1. The summed E-state index contributed by atoms with van der Waals surface area (Å²) in [5.41, 5.74) is 11.6. The first-order valence-electron chi connectivity index (χ1n) is 7.96. The summed E-state index contributed by atoms with van der Waals surface area (Å²) >= 11 is 0. The zero-order valence-electron chi connectivity index (χ0n) is 14.0. The van der Waals surface area contributed by atoms with Crippen LogP contribution in [0.3, 0.4) is 0 Å². The van der Waals surface area contributed by atoms with Gasteiger partial charge in [0.2, 0.25) is 0 Å². The summed E-state index contributed by atoms with van der Waals surface area (Å²) in [6, 6.07) is 12.4. The molecular formula is C19H23N3O. The molecule has 4 heteroatoms. The molecule has 2 aromatic carbocycles. The molecule has 120 valence electrons. The van der Waals surface area contributed by atoms with E-state index < -0.39 is 0 Å². The molecule has 23 heavy (non-hydrogen) atoms. The molecule has 4 nitrogen and oxygen atoms in total. The Morgan fingerprint density at radius 3 is 2.43 bits per heavy atom. The molecular weight excluding hydrogens is 286 g/mol. The molecule has 0 aliphatic heterocycles. The Bertz CT molecular complexity index is 819. The lowest BCUT2D eigenvalue weighted by molar-refractivity contribution is 0.415. The molecule has 0 aliphatic carbocycles. The van der Waals surface area contributed by atoms with Gasteiger partial charge in [0.1, 0.15) is 11.6 Å². The van der Waals surface area contributed by atoms with Crippen LogP contribution in [0.5, 0.6) is 5.75 Å². The molecule has 1 heterocycles. The third kappa shape index (κ3) is 2.94. The fourth-order valence-corrected chi connectivity index (χ4v) is 2.82. The highest BCUT2D eigenvalue weighted by Gasteiger charge is 2.13. The van der Waals surface area contributed by atoms with Crippen molar-refractivity contribution in [1.29, 1.82) is 0 Å². The van der Waals surface area contributed by atoms with Crippen LogP contribution in [0.15, 0.2) is 36.4 Å². The van der Waals surface area contributed by atoms with Gasteiger partial charge in [-0.3, -0.25) is 0 Å². The molecule has 3 aromatic rings. The van der Waals surface area contributed by atoms with Crippen LogP contribution in [0.25, 0.3) is 22.4 Å². The first-order valence-corrected chi connectivity index (χ1v) is 7.96. The Hall–Kier alpha value is -2.33. The summed E-state index contributed by atoms with van der Waals surface area (Å²) in [5, 5.41) is 0. The summed E-state index contributed by atoms with van der Waals surface area (Å²) in [6.07, 6.45) is 0.932. The molecule has 3 rings (SSSR count). The Balaban J connectivity index is 2.16. The molecule has 0 spiro atoms. The Kier molecular flexibility index (Phi) is 4.35. The van der Waals surface area contributed by atoms with Crippen LogP contribution in [0, 0.1) is 13.8 Å². The second-order valence-corrected chi connectivity index (χ2v) is 5.88. The number of ether oxygens (including phenoxy) is 1. The molecule has 0 atom stereocenters. The summed E-state index contributed by atoms with van der Waals surface area (Å²) in [4.78, 5) is 4.87. The lowest BCUT2D eigenvalue weighted by Gasteiger charge is -2.10. The monoisotopic (exact) mass is 309 g/mol. The molecule has 0 saturated heterocycles. The third-order valence-electron chi connectivity index (χ3n) is 4.30. The summed E-state index contributed by atoms with van der Waals surface area (Å²) in [5.74, 6) is 1.84.